The fourth-order valence-electron chi connectivity index (χ4n) is 0.854. The first-order valence-electron chi connectivity index (χ1n) is 3.17. The summed E-state index contributed by atoms with van der Waals surface area (Å²) in [6.45, 7) is 0. The summed E-state index contributed by atoms with van der Waals surface area (Å²) in [5.41, 5.74) is -0.815. The van der Waals surface area contributed by atoms with Gasteiger partial charge in [0.2, 0.25) is 10.0 Å². The van der Waals surface area contributed by atoms with Crippen LogP contribution in [-0.4, -0.2) is 18.2 Å². The smallest absolute Gasteiger partial charge is 0.274 e. The van der Waals surface area contributed by atoms with Gasteiger partial charge in [-0.1, -0.05) is 0 Å². The predicted octanol–water partition coefficient (Wildman–Crippen LogP) is 0.00510. The van der Waals surface area contributed by atoms with E-state index < -0.39 is 27.0 Å². The summed E-state index contributed by atoms with van der Waals surface area (Å²) in [5.74, 6) is 0. The van der Waals surface area contributed by atoms with Crippen LogP contribution in [0.25, 0.3) is 0 Å². The third-order valence-corrected chi connectivity index (χ3v) is 2.26. The molecule has 0 spiro atoms. The van der Waals surface area contributed by atoms with Crippen molar-refractivity contribution < 1.29 is 17.2 Å². The van der Waals surface area contributed by atoms with E-state index in [1.54, 1.807) is 0 Å². The van der Waals surface area contributed by atoms with E-state index in [2.05, 4.69) is 5.10 Å². The monoisotopic (exact) mass is 211 g/mol. The molecule has 0 aliphatic rings. The van der Waals surface area contributed by atoms with Gasteiger partial charge in [-0.15, -0.1) is 0 Å². The van der Waals surface area contributed by atoms with E-state index in [0.29, 0.717) is 0 Å². The zero-order valence-corrected chi connectivity index (χ0v) is 7.42. The summed E-state index contributed by atoms with van der Waals surface area (Å²) in [5, 5.41) is 7.98. The van der Waals surface area contributed by atoms with Gasteiger partial charge in [-0.05, 0) is 0 Å². The van der Waals surface area contributed by atoms with Gasteiger partial charge in [-0.3, -0.25) is 4.68 Å². The van der Waals surface area contributed by atoms with Crippen LogP contribution >= 0.6 is 0 Å². The molecule has 0 saturated carbocycles. The number of halogens is 2. The standard InChI is InChI=1S/C5H7F2N3O2S/c1-10-2-3(13(8,11)12)4(9-10)5(6)7/h2,5H,1H3,(H2,8,11,12). The lowest BCUT2D eigenvalue weighted by atomic mass is 10.5. The van der Waals surface area contributed by atoms with E-state index in [9.17, 15) is 17.2 Å². The molecule has 8 heteroatoms. The molecule has 0 radical (unpaired) electrons. The topological polar surface area (TPSA) is 78.0 Å². The quantitative estimate of drug-likeness (QED) is 0.748. The average molecular weight is 211 g/mol. The molecule has 74 valence electrons. The fraction of sp³-hybridized carbons (Fsp3) is 0.400. The van der Waals surface area contributed by atoms with Crippen LogP contribution in [-0.2, 0) is 17.1 Å². The van der Waals surface area contributed by atoms with Crippen LogP contribution in [0.5, 0.6) is 0 Å². The minimum absolute atomic E-state index is 0.634. The second-order valence-electron chi connectivity index (χ2n) is 2.40. The minimum atomic E-state index is -4.12. The number of nitrogens with zero attached hydrogens (tertiary/aromatic N) is 2. The highest BCUT2D eigenvalue weighted by atomic mass is 32.2. The number of aryl methyl sites for hydroxylation is 1. The predicted molar refractivity (Wildman–Crippen MR) is 39.5 cm³/mol. The van der Waals surface area contributed by atoms with Gasteiger partial charge in [0, 0.05) is 13.2 Å². The Morgan fingerprint density at radius 1 is 1.62 bits per heavy atom. The summed E-state index contributed by atoms with van der Waals surface area (Å²) >= 11 is 0. The zero-order valence-electron chi connectivity index (χ0n) is 6.61. The molecule has 1 aromatic rings. The van der Waals surface area contributed by atoms with Crippen molar-refractivity contribution in [3.63, 3.8) is 0 Å². The van der Waals surface area contributed by atoms with Crippen LogP contribution in [0.4, 0.5) is 8.78 Å². The molecular formula is C5H7F2N3O2S. The molecule has 1 rings (SSSR count). The first-order chi connectivity index (χ1) is 5.82. The Labute approximate surface area is 73.2 Å². The molecule has 0 aliphatic carbocycles. The molecule has 0 amide bonds. The van der Waals surface area contributed by atoms with Crippen LogP contribution in [0, 0.1) is 0 Å². The first kappa shape index (κ1) is 10.1. The van der Waals surface area contributed by atoms with E-state index in [1.807, 2.05) is 0 Å². The van der Waals surface area contributed by atoms with Crippen LogP contribution < -0.4 is 5.14 Å². The summed E-state index contributed by atoms with van der Waals surface area (Å²) in [6, 6.07) is 0. The molecule has 0 atom stereocenters. The van der Waals surface area contributed by atoms with Crippen LogP contribution in [0.3, 0.4) is 0 Å². The van der Waals surface area contributed by atoms with Crippen molar-refractivity contribution in [2.75, 3.05) is 0 Å². The van der Waals surface area contributed by atoms with E-state index in [-0.39, 0.29) is 0 Å². The molecule has 0 unspecified atom stereocenters. The first-order valence-corrected chi connectivity index (χ1v) is 4.71. The average Bonchev–Trinajstić information content (AvgIpc) is 2.29. The molecule has 1 heterocycles. The van der Waals surface area contributed by atoms with E-state index in [4.69, 9.17) is 5.14 Å². The number of sulfonamides is 1. The van der Waals surface area contributed by atoms with Crippen molar-refractivity contribution in [1.82, 2.24) is 9.78 Å². The number of rotatable bonds is 2. The molecule has 2 N–H and O–H groups in total. The molecule has 0 aromatic carbocycles. The molecular weight excluding hydrogens is 204 g/mol. The van der Waals surface area contributed by atoms with Crippen LogP contribution in [0.2, 0.25) is 0 Å². The number of primary sulfonamides is 1. The maximum absolute atomic E-state index is 12.2. The lowest BCUT2D eigenvalue weighted by molar-refractivity contribution is 0.142. The zero-order chi connectivity index (χ0) is 10.2. The van der Waals surface area contributed by atoms with Crippen molar-refractivity contribution in [1.29, 1.82) is 0 Å². The van der Waals surface area contributed by atoms with Crippen molar-refractivity contribution in [3.8, 4) is 0 Å². The fourth-order valence-corrected chi connectivity index (χ4v) is 1.58. The molecule has 0 saturated heterocycles. The van der Waals surface area contributed by atoms with Crippen molar-refractivity contribution in [3.05, 3.63) is 11.9 Å². The largest absolute Gasteiger partial charge is 0.283 e. The van der Waals surface area contributed by atoms with Gasteiger partial charge >= 0.3 is 0 Å². The van der Waals surface area contributed by atoms with E-state index >= 15 is 0 Å². The van der Waals surface area contributed by atoms with E-state index in [0.717, 1.165) is 10.9 Å². The number of nitrogens with two attached hydrogens (primary N) is 1. The second kappa shape index (κ2) is 3.04. The molecule has 0 aliphatic heterocycles. The van der Waals surface area contributed by atoms with Crippen LogP contribution in [0.15, 0.2) is 11.1 Å². The number of hydrogen-bond donors (Lipinski definition) is 1. The van der Waals surface area contributed by atoms with Gasteiger partial charge in [0.05, 0.1) is 0 Å². The number of hydrogen-bond acceptors (Lipinski definition) is 3. The Balaban J connectivity index is 3.37. The van der Waals surface area contributed by atoms with Gasteiger partial charge in [0.15, 0.2) is 0 Å². The van der Waals surface area contributed by atoms with Gasteiger partial charge in [0.25, 0.3) is 6.43 Å². The van der Waals surface area contributed by atoms with Gasteiger partial charge < -0.3 is 0 Å². The Kier molecular flexibility index (Phi) is 2.35. The molecule has 13 heavy (non-hydrogen) atoms. The molecule has 0 bridgehead atoms. The number of alkyl halides is 2. The van der Waals surface area contributed by atoms with E-state index in [1.165, 1.54) is 7.05 Å². The van der Waals surface area contributed by atoms with Crippen LogP contribution in [0.1, 0.15) is 12.1 Å². The highest BCUT2D eigenvalue weighted by Gasteiger charge is 2.24. The summed E-state index contributed by atoms with van der Waals surface area (Å²) in [4.78, 5) is -0.634. The van der Waals surface area contributed by atoms with Gasteiger partial charge in [0.1, 0.15) is 10.6 Å². The van der Waals surface area contributed by atoms with Crippen molar-refractivity contribution in [2.45, 2.75) is 11.3 Å². The van der Waals surface area contributed by atoms with Gasteiger partial charge in [-0.25, -0.2) is 22.3 Å². The third kappa shape index (κ3) is 2.01. The third-order valence-electron chi connectivity index (χ3n) is 1.34. The van der Waals surface area contributed by atoms with Crippen molar-refractivity contribution in [2.24, 2.45) is 12.2 Å². The summed E-state index contributed by atoms with van der Waals surface area (Å²) in [6.07, 6.45) is -2.01. The molecule has 1 aromatic heterocycles. The minimum Gasteiger partial charge on any atom is -0.274 e. The normalized spacial score (nSPS) is 12.4. The molecule has 0 fully saturated rings. The summed E-state index contributed by atoms with van der Waals surface area (Å²) < 4.78 is 46.8. The highest BCUT2D eigenvalue weighted by molar-refractivity contribution is 7.89. The lowest BCUT2D eigenvalue weighted by Crippen LogP contribution is -2.13. The molecule has 5 nitrogen and oxygen atoms in total. The Morgan fingerprint density at radius 2 is 2.15 bits per heavy atom. The summed E-state index contributed by atoms with van der Waals surface area (Å²) in [7, 11) is -2.79. The number of aromatic nitrogens is 2. The van der Waals surface area contributed by atoms with Crippen molar-refractivity contribution >= 4 is 10.0 Å². The maximum Gasteiger partial charge on any atom is 0.283 e. The highest BCUT2D eigenvalue weighted by Crippen LogP contribution is 2.23. The SMILES string of the molecule is Cn1cc(S(N)(=O)=O)c(C(F)F)n1. The maximum atomic E-state index is 12.2. The second-order valence-corrected chi connectivity index (χ2v) is 3.93. The Hall–Kier alpha value is -1.02. The Bertz CT molecular complexity index is 411. The lowest BCUT2D eigenvalue weighted by Gasteiger charge is -1.96. The van der Waals surface area contributed by atoms with Gasteiger partial charge in [-0.2, -0.15) is 5.10 Å². The Morgan fingerprint density at radius 3 is 2.46 bits per heavy atom.